The highest BCUT2D eigenvalue weighted by atomic mass is 16.1. The van der Waals surface area contributed by atoms with E-state index < -0.39 is 0 Å². The number of nitrogens with one attached hydrogen (secondary N) is 1. The van der Waals surface area contributed by atoms with Crippen molar-refractivity contribution >= 4 is 22.8 Å². The normalized spacial score (nSPS) is 22.2. The SMILES string of the molecule is O=C=NC1(c2cccc3c4c([nH]c23)N2CCC4CC2)CC1. The first-order valence-corrected chi connectivity index (χ1v) is 7.81. The van der Waals surface area contributed by atoms with Crippen LogP contribution in [0.4, 0.5) is 5.82 Å². The molecule has 0 radical (unpaired) electrons. The van der Waals surface area contributed by atoms with Crippen molar-refractivity contribution in [1.82, 2.24) is 4.98 Å². The number of aromatic nitrogens is 1. The van der Waals surface area contributed by atoms with Gasteiger partial charge in [0, 0.05) is 29.6 Å². The van der Waals surface area contributed by atoms with Gasteiger partial charge in [-0.3, -0.25) is 0 Å². The number of fused-ring (bicyclic) bond motifs is 3. The Balaban J connectivity index is 1.80. The first kappa shape index (κ1) is 11.6. The molecule has 1 saturated heterocycles. The molecule has 2 aromatic rings. The lowest BCUT2D eigenvalue weighted by atomic mass is 9.84. The zero-order valence-corrected chi connectivity index (χ0v) is 11.9. The highest BCUT2D eigenvalue weighted by Crippen LogP contribution is 2.53. The van der Waals surface area contributed by atoms with Gasteiger partial charge < -0.3 is 9.88 Å². The quantitative estimate of drug-likeness (QED) is 0.678. The van der Waals surface area contributed by atoms with Gasteiger partial charge in [-0.15, -0.1) is 0 Å². The molecule has 6 rings (SSSR count). The third-order valence-corrected chi connectivity index (χ3v) is 5.56. The van der Waals surface area contributed by atoms with E-state index in [9.17, 15) is 4.79 Å². The topological polar surface area (TPSA) is 48.5 Å². The second kappa shape index (κ2) is 3.77. The van der Waals surface area contributed by atoms with E-state index in [2.05, 4.69) is 33.1 Å². The monoisotopic (exact) mass is 279 g/mol. The number of carbonyl (C=O) groups excluding carboxylic acids is 1. The van der Waals surface area contributed by atoms with E-state index in [1.54, 1.807) is 6.08 Å². The molecule has 21 heavy (non-hydrogen) atoms. The van der Waals surface area contributed by atoms with Gasteiger partial charge >= 0.3 is 0 Å². The maximum absolute atomic E-state index is 10.8. The molecule has 2 bridgehead atoms. The maximum atomic E-state index is 10.8. The van der Waals surface area contributed by atoms with Gasteiger partial charge in [0.1, 0.15) is 11.4 Å². The van der Waals surface area contributed by atoms with Crippen molar-refractivity contribution in [2.24, 2.45) is 4.99 Å². The van der Waals surface area contributed by atoms with Gasteiger partial charge in [-0.1, -0.05) is 18.2 Å². The molecule has 4 nitrogen and oxygen atoms in total. The molecule has 4 heterocycles. The Morgan fingerprint density at radius 2 is 2.10 bits per heavy atom. The average Bonchev–Trinajstić information content (AvgIpc) is 3.19. The van der Waals surface area contributed by atoms with E-state index in [-0.39, 0.29) is 5.54 Å². The largest absolute Gasteiger partial charge is 0.358 e. The molecule has 1 aliphatic carbocycles. The summed E-state index contributed by atoms with van der Waals surface area (Å²) in [6.07, 6.45) is 6.22. The van der Waals surface area contributed by atoms with Crippen LogP contribution in [0.25, 0.3) is 10.9 Å². The Hall–Kier alpha value is -2.06. The fraction of sp³-hybridized carbons (Fsp3) is 0.471. The Kier molecular flexibility index (Phi) is 2.08. The fourth-order valence-corrected chi connectivity index (χ4v) is 4.31. The van der Waals surface area contributed by atoms with Gasteiger partial charge in [-0.2, -0.15) is 4.99 Å². The lowest BCUT2D eigenvalue weighted by molar-refractivity contribution is 0.475. The molecular weight excluding hydrogens is 262 g/mol. The van der Waals surface area contributed by atoms with Gasteiger partial charge in [0.25, 0.3) is 0 Å². The van der Waals surface area contributed by atoms with Crippen LogP contribution in [0.1, 0.15) is 42.7 Å². The third-order valence-electron chi connectivity index (χ3n) is 5.56. The van der Waals surface area contributed by atoms with Gasteiger partial charge in [0.05, 0.1) is 5.52 Å². The zero-order valence-electron chi connectivity index (χ0n) is 11.9. The lowest BCUT2D eigenvalue weighted by Gasteiger charge is -2.40. The number of hydrogen-bond acceptors (Lipinski definition) is 3. The van der Waals surface area contributed by atoms with Gasteiger partial charge in [0.15, 0.2) is 0 Å². The van der Waals surface area contributed by atoms with Crippen molar-refractivity contribution in [2.45, 2.75) is 37.1 Å². The van der Waals surface area contributed by atoms with E-state index >= 15 is 0 Å². The number of hydrogen-bond donors (Lipinski definition) is 1. The molecule has 0 atom stereocenters. The van der Waals surface area contributed by atoms with Gasteiger partial charge in [-0.25, -0.2) is 4.79 Å². The second-order valence-electron chi connectivity index (χ2n) is 6.61. The standard InChI is InChI=1S/C17H17N3O/c21-10-18-17(6-7-17)13-3-1-2-12-14-11-4-8-20(9-5-11)16(14)19-15(12)13/h1-3,11,19H,4-9H2. The summed E-state index contributed by atoms with van der Waals surface area (Å²) in [5.74, 6) is 2.00. The Morgan fingerprint density at radius 1 is 1.29 bits per heavy atom. The molecule has 1 N–H and O–H groups in total. The number of anilines is 1. The molecule has 2 fully saturated rings. The van der Waals surface area contributed by atoms with E-state index in [4.69, 9.17) is 0 Å². The predicted octanol–water partition coefficient (Wildman–Crippen LogP) is 3.19. The number of benzene rings is 1. The molecule has 0 spiro atoms. The Labute approximate surface area is 122 Å². The Morgan fingerprint density at radius 3 is 2.81 bits per heavy atom. The summed E-state index contributed by atoms with van der Waals surface area (Å²) in [6, 6.07) is 6.45. The highest BCUT2D eigenvalue weighted by Gasteiger charge is 2.47. The fourth-order valence-electron chi connectivity index (χ4n) is 4.31. The van der Waals surface area contributed by atoms with Crippen LogP contribution < -0.4 is 4.90 Å². The van der Waals surface area contributed by atoms with Crippen LogP contribution in [0.15, 0.2) is 23.2 Å². The summed E-state index contributed by atoms with van der Waals surface area (Å²) >= 11 is 0. The molecule has 4 heteroatoms. The van der Waals surface area contributed by atoms with Crippen LogP contribution >= 0.6 is 0 Å². The van der Waals surface area contributed by atoms with Crippen LogP contribution in [-0.2, 0) is 10.3 Å². The number of nitrogens with zero attached hydrogens (tertiary/aromatic N) is 2. The third kappa shape index (κ3) is 1.41. The predicted molar refractivity (Wildman–Crippen MR) is 81.5 cm³/mol. The minimum atomic E-state index is -0.302. The number of para-hydroxylation sites is 1. The number of rotatable bonds is 2. The van der Waals surface area contributed by atoms with Crippen LogP contribution in [0.2, 0.25) is 0 Å². The molecule has 4 aliphatic rings. The summed E-state index contributed by atoms with van der Waals surface area (Å²) in [6.45, 7) is 2.33. The summed E-state index contributed by atoms with van der Waals surface area (Å²) < 4.78 is 0. The van der Waals surface area contributed by atoms with Gasteiger partial charge in [0.2, 0.25) is 6.08 Å². The number of aliphatic imine (C=N–C) groups is 1. The first-order valence-electron chi connectivity index (χ1n) is 7.81. The molecule has 1 aromatic heterocycles. The smallest absolute Gasteiger partial charge is 0.235 e. The Bertz CT molecular complexity index is 788. The number of aromatic amines is 1. The molecular formula is C17H17N3O. The zero-order chi connectivity index (χ0) is 14.0. The number of piperidine rings is 1. The molecule has 1 saturated carbocycles. The molecule has 0 amide bonds. The maximum Gasteiger partial charge on any atom is 0.235 e. The van der Waals surface area contributed by atoms with Gasteiger partial charge in [-0.05, 0) is 31.6 Å². The first-order chi connectivity index (χ1) is 10.3. The van der Waals surface area contributed by atoms with Crippen molar-refractivity contribution in [3.05, 3.63) is 29.3 Å². The minimum Gasteiger partial charge on any atom is -0.358 e. The molecule has 1 aromatic carbocycles. The van der Waals surface area contributed by atoms with Crippen molar-refractivity contribution < 1.29 is 4.79 Å². The summed E-state index contributed by atoms with van der Waals surface area (Å²) in [4.78, 5) is 21.0. The van der Waals surface area contributed by atoms with E-state index in [0.29, 0.717) is 5.92 Å². The van der Waals surface area contributed by atoms with Crippen LogP contribution in [-0.4, -0.2) is 24.2 Å². The summed E-state index contributed by atoms with van der Waals surface area (Å²) in [7, 11) is 0. The van der Waals surface area contributed by atoms with E-state index in [1.165, 1.54) is 40.7 Å². The number of isocyanates is 1. The summed E-state index contributed by atoms with van der Waals surface area (Å²) in [5, 5.41) is 1.34. The molecule has 0 unspecified atom stereocenters. The summed E-state index contributed by atoms with van der Waals surface area (Å²) in [5.41, 5.74) is 3.56. The van der Waals surface area contributed by atoms with Crippen LogP contribution in [0, 0.1) is 0 Å². The minimum absolute atomic E-state index is 0.302. The van der Waals surface area contributed by atoms with E-state index in [1.807, 2.05) is 0 Å². The van der Waals surface area contributed by atoms with Crippen molar-refractivity contribution in [2.75, 3.05) is 18.0 Å². The molecule has 3 aliphatic heterocycles. The number of H-pyrrole nitrogens is 1. The van der Waals surface area contributed by atoms with E-state index in [0.717, 1.165) is 25.9 Å². The van der Waals surface area contributed by atoms with Crippen LogP contribution in [0.5, 0.6) is 0 Å². The molecule has 106 valence electrons. The highest BCUT2D eigenvalue weighted by molar-refractivity contribution is 5.93. The average molecular weight is 279 g/mol. The van der Waals surface area contributed by atoms with Crippen molar-refractivity contribution in [1.29, 1.82) is 0 Å². The lowest BCUT2D eigenvalue weighted by Crippen LogP contribution is -2.38. The second-order valence-corrected chi connectivity index (χ2v) is 6.61. The van der Waals surface area contributed by atoms with Crippen molar-refractivity contribution in [3.63, 3.8) is 0 Å². The van der Waals surface area contributed by atoms with Crippen LogP contribution in [0.3, 0.4) is 0 Å². The van der Waals surface area contributed by atoms with Crippen molar-refractivity contribution in [3.8, 4) is 0 Å².